The van der Waals surface area contributed by atoms with E-state index in [1.54, 1.807) is 71.9 Å². The summed E-state index contributed by atoms with van der Waals surface area (Å²) in [5.41, 5.74) is -0.824. The Labute approximate surface area is 281 Å². The molecule has 268 valence electrons. The fraction of sp³-hybridized carbons (Fsp3) is 0.606. The van der Waals surface area contributed by atoms with Crippen molar-refractivity contribution in [1.82, 2.24) is 16.0 Å². The second-order valence-corrected chi connectivity index (χ2v) is 12.8. The van der Waals surface area contributed by atoms with Crippen molar-refractivity contribution >= 4 is 41.8 Å². The standard InChI is InChI=1S/C33H49N3O12/c1-32(2,3)47-26(38)18-15-23(29(41)44-7)34-25(37)17-14-22(36-31(43)46-20-21-12-10-9-11-13-21)28(40)35-24(30(42)45-8)16-19-27(39)48-33(4,5)6/h9-13,22-24H,14-20H2,1-8H3,(H,34,37)(H,35,40)(H,36,43)/t22-,23-,24-/m0/s1. The summed E-state index contributed by atoms with van der Waals surface area (Å²) in [5, 5.41) is 7.34. The lowest BCUT2D eigenvalue weighted by Crippen LogP contribution is -2.52. The quantitative estimate of drug-likeness (QED) is 0.161. The number of esters is 4. The van der Waals surface area contributed by atoms with Gasteiger partial charge in [0.05, 0.1) is 14.2 Å². The minimum atomic E-state index is -1.40. The zero-order valence-electron chi connectivity index (χ0n) is 29.0. The maximum Gasteiger partial charge on any atom is 0.408 e. The average molecular weight is 680 g/mol. The molecule has 0 aliphatic rings. The summed E-state index contributed by atoms with van der Waals surface area (Å²) < 4.78 is 25.3. The molecule has 0 saturated heterocycles. The fourth-order valence-electron chi connectivity index (χ4n) is 4.08. The van der Waals surface area contributed by atoms with Gasteiger partial charge in [0.15, 0.2) is 0 Å². The van der Waals surface area contributed by atoms with Crippen molar-refractivity contribution in [2.24, 2.45) is 0 Å². The highest BCUT2D eigenvalue weighted by molar-refractivity contribution is 5.91. The molecule has 0 aromatic heterocycles. The lowest BCUT2D eigenvalue weighted by atomic mass is 10.1. The number of carbonyl (C=O) groups is 7. The first-order chi connectivity index (χ1) is 22.3. The molecule has 0 saturated carbocycles. The van der Waals surface area contributed by atoms with E-state index in [9.17, 15) is 33.6 Å². The van der Waals surface area contributed by atoms with Gasteiger partial charge in [-0.05, 0) is 66.4 Å². The number of ether oxygens (including phenoxy) is 5. The van der Waals surface area contributed by atoms with Gasteiger partial charge >= 0.3 is 30.0 Å². The number of amides is 3. The van der Waals surface area contributed by atoms with Gasteiger partial charge in [-0.1, -0.05) is 30.3 Å². The van der Waals surface area contributed by atoms with Gasteiger partial charge in [0.2, 0.25) is 11.8 Å². The van der Waals surface area contributed by atoms with Crippen LogP contribution in [0.3, 0.4) is 0 Å². The smallest absolute Gasteiger partial charge is 0.408 e. The van der Waals surface area contributed by atoms with Crippen LogP contribution in [-0.2, 0) is 59.1 Å². The maximum absolute atomic E-state index is 13.4. The van der Waals surface area contributed by atoms with Crippen molar-refractivity contribution in [3.8, 4) is 0 Å². The third kappa shape index (κ3) is 17.9. The van der Waals surface area contributed by atoms with Gasteiger partial charge in [-0.15, -0.1) is 0 Å². The van der Waals surface area contributed by atoms with Crippen LogP contribution in [0.15, 0.2) is 30.3 Å². The van der Waals surface area contributed by atoms with E-state index >= 15 is 0 Å². The molecule has 0 fully saturated rings. The molecule has 0 bridgehead atoms. The van der Waals surface area contributed by atoms with Gasteiger partial charge in [0.25, 0.3) is 0 Å². The van der Waals surface area contributed by atoms with Crippen molar-refractivity contribution in [1.29, 1.82) is 0 Å². The van der Waals surface area contributed by atoms with E-state index in [-0.39, 0.29) is 45.1 Å². The van der Waals surface area contributed by atoms with Gasteiger partial charge in [-0.25, -0.2) is 14.4 Å². The van der Waals surface area contributed by atoms with Crippen molar-refractivity contribution in [2.45, 2.75) is 116 Å². The Morgan fingerprint density at radius 2 is 1.08 bits per heavy atom. The SMILES string of the molecule is COC(=O)[C@H](CCC(=O)OC(C)(C)C)NC(=O)CC[C@H](NC(=O)OCc1ccccc1)C(=O)N[C@@H](CCC(=O)OC(C)(C)C)C(=O)OC. The minimum absolute atomic E-state index is 0.110. The first-order valence-electron chi connectivity index (χ1n) is 15.5. The Hall–Kier alpha value is -4.69. The third-order valence-electron chi connectivity index (χ3n) is 6.22. The van der Waals surface area contributed by atoms with Crippen LogP contribution in [0.2, 0.25) is 0 Å². The number of nitrogens with one attached hydrogen (secondary N) is 3. The summed E-state index contributed by atoms with van der Waals surface area (Å²) in [6.45, 7) is 10.0. The monoisotopic (exact) mass is 679 g/mol. The number of hydrogen-bond donors (Lipinski definition) is 3. The average Bonchev–Trinajstić information content (AvgIpc) is 3.00. The van der Waals surface area contributed by atoms with Crippen molar-refractivity contribution in [3.63, 3.8) is 0 Å². The van der Waals surface area contributed by atoms with Crippen molar-refractivity contribution in [2.75, 3.05) is 14.2 Å². The third-order valence-corrected chi connectivity index (χ3v) is 6.22. The van der Waals surface area contributed by atoms with Gasteiger partial charge in [-0.3, -0.25) is 19.2 Å². The topological polar surface area (TPSA) is 202 Å². The van der Waals surface area contributed by atoms with E-state index in [0.717, 1.165) is 14.2 Å². The first kappa shape index (κ1) is 41.3. The minimum Gasteiger partial charge on any atom is -0.467 e. The number of benzene rings is 1. The molecule has 3 amide bonds. The summed E-state index contributed by atoms with van der Waals surface area (Å²) >= 11 is 0. The Morgan fingerprint density at radius 1 is 0.625 bits per heavy atom. The Balaban J connectivity index is 3.03. The molecule has 0 aliphatic carbocycles. The summed E-state index contributed by atoms with van der Waals surface area (Å²) in [4.78, 5) is 88.2. The van der Waals surface area contributed by atoms with Gasteiger partial charge < -0.3 is 39.6 Å². The van der Waals surface area contributed by atoms with Crippen LogP contribution in [0.1, 0.15) is 85.6 Å². The second kappa shape index (κ2) is 19.9. The van der Waals surface area contributed by atoms with E-state index < -0.39 is 71.1 Å². The molecule has 3 atom stereocenters. The van der Waals surface area contributed by atoms with Gasteiger partial charge in [-0.2, -0.15) is 0 Å². The van der Waals surface area contributed by atoms with E-state index in [4.69, 9.17) is 23.7 Å². The zero-order valence-corrected chi connectivity index (χ0v) is 29.0. The van der Waals surface area contributed by atoms with Crippen molar-refractivity contribution in [3.05, 3.63) is 35.9 Å². The van der Waals surface area contributed by atoms with Crippen LogP contribution >= 0.6 is 0 Å². The lowest BCUT2D eigenvalue weighted by molar-refractivity contribution is -0.157. The molecule has 0 heterocycles. The molecule has 0 unspecified atom stereocenters. The molecule has 1 aromatic rings. The van der Waals surface area contributed by atoms with Crippen LogP contribution in [0.5, 0.6) is 0 Å². The van der Waals surface area contributed by atoms with Crippen LogP contribution in [0, 0.1) is 0 Å². The normalized spacial score (nSPS) is 13.1. The fourth-order valence-corrected chi connectivity index (χ4v) is 4.08. The number of alkyl carbamates (subject to hydrolysis) is 1. The number of methoxy groups -OCH3 is 2. The van der Waals surface area contributed by atoms with Crippen LogP contribution in [0.4, 0.5) is 4.79 Å². The van der Waals surface area contributed by atoms with Crippen LogP contribution in [0.25, 0.3) is 0 Å². The molecule has 15 heteroatoms. The van der Waals surface area contributed by atoms with E-state index in [2.05, 4.69) is 16.0 Å². The number of rotatable bonds is 17. The van der Waals surface area contributed by atoms with Crippen LogP contribution < -0.4 is 16.0 Å². The number of hydrogen-bond acceptors (Lipinski definition) is 12. The molecule has 0 aliphatic heterocycles. The highest BCUT2D eigenvalue weighted by atomic mass is 16.6. The molecule has 15 nitrogen and oxygen atoms in total. The maximum atomic E-state index is 13.4. The molecular weight excluding hydrogens is 630 g/mol. The Kier molecular flexibility index (Phi) is 17.1. The van der Waals surface area contributed by atoms with Crippen LogP contribution in [-0.4, -0.2) is 85.3 Å². The molecule has 3 N–H and O–H groups in total. The molecule has 0 spiro atoms. The molecule has 0 radical (unpaired) electrons. The molecule has 48 heavy (non-hydrogen) atoms. The highest BCUT2D eigenvalue weighted by Gasteiger charge is 2.30. The van der Waals surface area contributed by atoms with Gasteiger partial charge in [0.1, 0.15) is 35.9 Å². The summed E-state index contributed by atoms with van der Waals surface area (Å²) in [6, 6.07) is 4.88. The largest absolute Gasteiger partial charge is 0.467 e. The van der Waals surface area contributed by atoms with Crippen molar-refractivity contribution < 1.29 is 57.2 Å². The predicted octanol–water partition coefficient (Wildman–Crippen LogP) is 2.62. The Bertz CT molecular complexity index is 1250. The number of carbonyl (C=O) groups excluding carboxylic acids is 7. The first-order valence-corrected chi connectivity index (χ1v) is 15.5. The molecule has 1 aromatic carbocycles. The van der Waals surface area contributed by atoms with Gasteiger partial charge in [0, 0.05) is 19.3 Å². The molecular formula is C33H49N3O12. The second-order valence-electron chi connectivity index (χ2n) is 12.8. The Morgan fingerprint density at radius 3 is 1.54 bits per heavy atom. The van der Waals surface area contributed by atoms with E-state index in [1.807, 2.05) is 0 Å². The lowest BCUT2D eigenvalue weighted by Gasteiger charge is -2.23. The summed E-state index contributed by atoms with van der Waals surface area (Å²) in [5.74, 6) is -4.38. The highest BCUT2D eigenvalue weighted by Crippen LogP contribution is 2.13. The summed E-state index contributed by atoms with van der Waals surface area (Å²) in [7, 11) is 2.23. The zero-order chi connectivity index (χ0) is 36.5. The van der Waals surface area contributed by atoms with E-state index in [0.29, 0.717) is 5.56 Å². The summed E-state index contributed by atoms with van der Waals surface area (Å²) in [6.07, 6.45) is -2.34. The predicted molar refractivity (Wildman–Crippen MR) is 171 cm³/mol. The van der Waals surface area contributed by atoms with E-state index in [1.165, 1.54) is 0 Å². The molecule has 1 rings (SSSR count).